The molecule has 0 fully saturated rings. The number of benzene rings is 1. The van der Waals surface area contributed by atoms with Crippen LogP contribution in [0.25, 0.3) is 0 Å². The van der Waals surface area contributed by atoms with E-state index in [9.17, 15) is 5.11 Å². The first-order valence-corrected chi connectivity index (χ1v) is 8.90. The average Bonchev–Trinajstić information content (AvgIpc) is 2.45. The van der Waals surface area contributed by atoms with Gasteiger partial charge in [-0.3, -0.25) is 0 Å². The van der Waals surface area contributed by atoms with Crippen molar-refractivity contribution in [3.8, 4) is 5.75 Å². The largest absolute Gasteiger partial charge is 0.489 e. The van der Waals surface area contributed by atoms with Gasteiger partial charge in [0.25, 0.3) is 0 Å². The Labute approximate surface area is 131 Å². The van der Waals surface area contributed by atoms with Crippen LogP contribution < -0.4 is 4.74 Å². The minimum Gasteiger partial charge on any atom is -0.489 e. The van der Waals surface area contributed by atoms with Crippen LogP contribution in [0.2, 0.25) is 5.02 Å². The summed E-state index contributed by atoms with van der Waals surface area (Å²) in [6, 6.07) is 7.34. The molecule has 2 nitrogen and oxygen atoms in total. The van der Waals surface area contributed by atoms with Crippen molar-refractivity contribution in [2.24, 2.45) is 0 Å². The van der Waals surface area contributed by atoms with Gasteiger partial charge in [0.1, 0.15) is 12.4 Å². The lowest BCUT2D eigenvalue weighted by Gasteiger charge is -2.12. The van der Waals surface area contributed by atoms with Crippen LogP contribution in [0.3, 0.4) is 0 Å². The standard InChI is InChI=1S/C16H25ClO2S/c1-2-3-4-5-8-11-20-13-14(18)12-19-16-10-7-6-9-15(16)17/h6-7,9-10,14,18H,2-5,8,11-13H2,1H3. The van der Waals surface area contributed by atoms with Crippen molar-refractivity contribution in [3.05, 3.63) is 29.3 Å². The summed E-state index contributed by atoms with van der Waals surface area (Å²) in [5.41, 5.74) is 0. The first-order chi connectivity index (χ1) is 9.74. The monoisotopic (exact) mass is 316 g/mol. The molecule has 0 saturated heterocycles. The van der Waals surface area contributed by atoms with Gasteiger partial charge < -0.3 is 9.84 Å². The molecule has 0 radical (unpaired) electrons. The number of hydrogen-bond acceptors (Lipinski definition) is 3. The summed E-state index contributed by atoms with van der Waals surface area (Å²) in [6.45, 7) is 2.52. The predicted molar refractivity (Wildman–Crippen MR) is 89.0 cm³/mol. The summed E-state index contributed by atoms with van der Waals surface area (Å²) in [5.74, 6) is 2.48. The molecule has 1 aromatic rings. The average molecular weight is 317 g/mol. The fourth-order valence-electron chi connectivity index (χ4n) is 1.82. The Morgan fingerprint density at radius 3 is 2.70 bits per heavy atom. The van der Waals surface area contributed by atoms with Crippen LogP contribution in [0.15, 0.2) is 24.3 Å². The smallest absolute Gasteiger partial charge is 0.138 e. The molecule has 0 saturated carbocycles. The van der Waals surface area contributed by atoms with E-state index in [2.05, 4.69) is 6.92 Å². The Morgan fingerprint density at radius 1 is 1.20 bits per heavy atom. The van der Waals surface area contributed by atoms with Crippen LogP contribution >= 0.6 is 23.4 Å². The van der Waals surface area contributed by atoms with Gasteiger partial charge in [-0.15, -0.1) is 0 Å². The summed E-state index contributed by atoms with van der Waals surface area (Å²) in [7, 11) is 0. The number of thioether (sulfide) groups is 1. The maximum atomic E-state index is 9.85. The molecule has 0 heterocycles. The van der Waals surface area contributed by atoms with Crippen LogP contribution in [0.1, 0.15) is 39.0 Å². The van der Waals surface area contributed by atoms with Crippen molar-refractivity contribution in [1.29, 1.82) is 0 Å². The number of hydrogen-bond donors (Lipinski definition) is 1. The molecule has 0 aliphatic rings. The van der Waals surface area contributed by atoms with Gasteiger partial charge in [0.15, 0.2) is 0 Å². The molecule has 1 aromatic carbocycles. The highest BCUT2D eigenvalue weighted by Gasteiger charge is 2.07. The van der Waals surface area contributed by atoms with E-state index < -0.39 is 6.10 Å². The number of unbranched alkanes of at least 4 members (excludes halogenated alkanes) is 4. The molecule has 1 atom stereocenters. The van der Waals surface area contributed by atoms with Crippen molar-refractivity contribution < 1.29 is 9.84 Å². The van der Waals surface area contributed by atoms with Crippen LogP contribution in [-0.4, -0.2) is 29.3 Å². The van der Waals surface area contributed by atoms with Crippen LogP contribution in [-0.2, 0) is 0 Å². The van der Waals surface area contributed by atoms with Crippen molar-refractivity contribution in [1.82, 2.24) is 0 Å². The molecular weight excluding hydrogens is 292 g/mol. The molecule has 4 heteroatoms. The molecular formula is C16H25ClO2S. The van der Waals surface area contributed by atoms with Gasteiger partial charge in [0.2, 0.25) is 0 Å². The molecule has 1 rings (SSSR count). The van der Waals surface area contributed by atoms with Crippen LogP contribution in [0.4, 0.5) is 0 Å². The van der Waals surface area contributed by atoms with Gasteiger partial charge in [-0.25, -0.2) is 0 Å². The van der Waals surface area contributed by atoms with Crippen LogP contribution in [0, 0.1) is 0 Å². The highest BCUT2D eigenvalue weighted by molar-refractivity contribution is 7.99. The van der Waals surface area contributed by atoms with Crippen molar-refractivity contribution >= 4 is 23.4 Å². The van der Waals surface area contributed by atoms with Crippen LogP contribution in [0.5, 0.6) is 5.75 Å². The van der Waals surface area contributed by atoms with E-state index in [1.54, 1.807) is 17.8 Å². The molecule has 20 heavy (non-hydrogen) atoms. The van der Waals surface area contributed by atoms with Crippen molar-refractivity contribution in [2.75, 3.05) is 18.1 Å². The Bertz CT molecular complexity index is 360. The van der Waals surface area contributed by atoms with Crippen molar-refractivity contribution in [2.45, 2.75) is 45.1 Å². The van der Waals surface area contributed by atoms with Crippen molar-refractivity contribution in [3.63, 3.8) is 0 Å². The number of ether oxygens (including phenoxy) is 1. The van der Waals surface area contributed by atoms with Gasteiger partial charge in [-0.05, 0) is 24.3 Å². The van der Waals surface area contributed by atoms with E-state index in [0.29, 0.717) is 17.4 Å². The Hall–Kier alpha value is -0.380. The lowest BCUT2D eigenvalue weighted by molar-refractivity contribution is 0.126. The first kappa shape index (κ1) is 17.7. The summed E-state index contributed by atoms with van der Waals surface area (Å²) >= 11 is 7.78. The van der Waals surface area contributed by atoms with E-state index >= 15 is 0 Å². The molecule has 0 spiro atoms. The molecule has 0 aliphatic heterocycles. The number of para-hydroxylation sites is 1. The van der Waals surface area contributed by atoms with E-state index in [4.69, 9.17) is 16.3 Å². The predicted octanol–water partition coefficient (Wildman–Crippen LogP) is 4.78. The van der Waals surface area contributed by atoms with Gasteiger partial charge in [0.05, 0.1) is 11.1 Å². The highest BCUT2D eigenvalue weighted by Crippen LogP contribution is 2.23. The summed E-state index contributed by atoms with van der Waals surface area (Å²) in [5, 5.41) is 10.4. The summed E-state index contributed by atoms with van der Waals surface area (Å²) < 4.78 is 5.51. The number of rotatable bonds is 11. The SMILES string of the molecule is CCCCCCCSCC(O)COc1ccccc1Cl. The molecule has 1 N–H and O–H groups in total. The normalized spacial score (nSPS) is 12.3. The van der Waals surface area contributed by atoms with E-state index in [1.165, 1.54) is 32.1 Å². The number of aliphatic hydroxyl groups is 1. The molecule has 114 valence electrons. The zero-order valence-corrected chi connectivity index (χ0v) is 13.8. The van der Waals surface area contributed by atoms with Gasteiger partial charge in [-0.2, -0.15) is 11.8 Å². The minimum atomic E-state index is -0.438. The third-order valence-electron chi connectivity index (χ3n) is 2.97. The van der Waals surface area contributed by atoms with E-state index in [-0.39, 0.29) is 0 Å². The first-order valence-electron chi connectivity index (χ1n) is 7.37. The van der Waals surface area contributed by atoms with E-state index in [0.717, 1.165) is 11.5 Å². The molecule has 0 aromatic heterocycles. The highest BCUT2D eigenvalue weighted by atomic mass is 35.5. The lowest BCUT2D eigenvalue weighted by Crippen LogP contribution is -2.20. The lowest BCUT2D eigenvalue weighted by atomic mass is 10.2. The summed E-state index contributed by atoms with van der Waals surface area (Å²) in [6.07, 6.45) is 6.04. The zero-order chi connectivity index (χ0) is 14.6. The minimum absolute atomic E-state index is 0.298. The molecule has 1 unspecified atom stereocenters. The third-order valence-corrected chi connectivity index (χ3v) is 4.48. The zero-order valence-electron chi connectivity index (χ0n) is 12.2. The van der Waals surface area contributed by atoms with Gasteiger partial charge in [-0.1, -0.05) is 56.3 Å². The topological polar surface area (TPSA) is 29.5 Å². The quantitative estimate of drug-likeness (QED) is 0.596. The Kier molecular flexibility index (Phi) is 9.98. The Morgan fingerprint density at radius 2 is 1.95 bits per heavy atom. The fourth-order valence-corrected chi connectivity index (χ4v) is 2.96. The summed E-state index contributed by atoms with van der Waals surface area (Å²) in [4.78, 5) is 0. The maximum Gasteiger partial charge on any atom is 0.138 e. The van der Waals surface area contributed by atoms with Gasteiger partial charge in [0, 0.05) is 5.75 Å². The fraction of sp³-hybridized carbons (Fsp3) is 0.625. The molecule has 0 bridgehead atoms. The Balaban J connectivity index is 2.03. The van der Waals surface area contributed by atoms with E-state index in [1.807, 2.05) is 18.2 Å². The number of aliphatic hydroxyl groups excluding tert-OH is 1. The maximum absolute atomic E-state index is 9.85. The second-order valence-corrected chi connectivity index (χ2v) is 6.44. The van der Waals surface area contributed by atoms with Gasteiger partial charge >= 0.3 is 0 Å². The number of halogens is 1. The molecule has 0 amide bonds. The second-order valence-electron chi connectivity index (χ2n) is 4.88. The third kappa shape index (κ3) is 8.03. The molecule has 0 aliphatic carbocycles. The second kappa shape index (κ2) is 11.3.